The van der Waals surface area contributed by atoms with E-state index in [1.54, 1.807) is 6.20 Å². The number of pyridine rings is 1. The highest BCUT2D eigenvalue weighted by Crippen LogP contribution is 2.16. The number of aromatic nitrogens is 1. The summed E-state index contributed by atoms with van der Waals surface area (Å²) in [6.45, 7) is 6.01. The van der Waals surface area contributed by atoms with E-state index < -0.39 is 0 Å². The molecular formula is C16H17NO. The molecule has 18 heavy (non-hydrogen) atoms. The van der Waals surface area contributed by atoms with Gasteiger partial charge in [-0.05, 0) is 49.1 Å². The third-order valence-corrected chi connectivity index (χ3v) is 3.26. The van der Waals surface area contributed by atoms with Crippen LogP contribution in [-0.2, 0) is 6.42 Å². The Balaban J connectivity index is 2.30. The number of hydrogen-bond donors (Lipinski definition) is 0. The Labute approximate surface area is 108 Å². The van der Waals surface area contributed by atoms with Gasteiger partial charge in [0.15, 0.2) is 5.78 Å². The van der Waals surface area contributed by atoms with Crippen molar-refractivity contribution in [3.63, 3.8) is 0 Å². The molecule has 0 atom stereocenters. The molecule has 2 rings (SSSR count). The van der Waals surface area contributed by atoms with Gasteiger partial charge in [0.2, 0.25) is 0 Å². The number of benzene rings is 1. The van der Waals surface area contributed by atoms with Gasteiger partial charge in [-0.3, -0.25) is 9.78 Å². The molecule has 0 fully saturated rings. The summed E-state index contributed by atoms with van der Waals surface area (Å²) in [5.41, 5.74) is 4.97. The maximum absolute atomic E-state index is 12.3. The van der Waals surface area contributed by atoms with E-state index in [0.717, 1.165) is 22.3 Å². The molecular weight excluding hydrogens is 222 g/mol. The second-order valence-corrected chi connectivity index (χ2v) is 4.64. The Morgan fingerprint density at radius 3 is 2.22 bits per heavy atom. The lowest BCUT2D eigenvalue weighted by Gasteiger charge is -2.09. The van der Waals surface area contributed by atoms with Gasteiger partial charge in [0.1, 0.15) is 5.69 Å². The third kappa shape index (κ3) is 2.48. The topological polar surface area (TPSA) is 30.0 Å². The van der Waals surface area contributed by atoms with Crippen LogP contribution in [0.5, 0.6) is 0 Å². The monoisotopic (exact) mass is 239 g/mol. The number of carbonyl (C=O) groups is 1. The van der Waals surface area contributed by atoms with Crippen molar-refractivity contribution >= 4 is 5.78 Å². The summed E-state index contributed by atoms with van der Waals surface area (Å²) in [5, 5.41) is 0. The molecule has 0 bridgehead atoms. The van der Waals surface area contributed by atoms with Crippen LogP contribution in [0.15, 0.2) is 36.5 Å². The zero-order valence-corrected chi connectivity index (χ0v) is 11.0. The molecule has 0 unspecified atom stereocenters. The van der Waals surface area contributed by atoms with Crippen molar-refractivity contribution < 1.29 is 4.79 Å². The largest absolute Gasteiger partial charge is 0.292 e. The number of aryl methyl sites for hydroxylation is 3. The van der Waals surface area contributed by atoms with Crippen molar-refractivity contribution in [2.75, 3.05) is 0 Å². The molecule has 2 heteroatoms. The third-order valence-electron chi connectivity index (χ3n) is 3.26. The quantitative estimate of drug-likeness (QED) is 0.768. The first kappa shape index (κ1) is 12.5. The first-order valence-electron chi connectivity index (χ1n) is 6.09. The zero-order chi connectivity index (χ0) is 13.1. The number of hydrogen-bond acceptors (Lipinski definition) is 2. The van der Waals surface area contributed by atoms with Gasteiger partial charge in [0.05, 0.1) is 0 Å². The fraction of sp³-hybridized carbons (Fsp3) is 0.250. The molecule has 92 valence electrons. The van der Waals surface area contributed by atoms with Crippen LogP contribution in [0.2, 0.25) is 0 Å². The first-order chi connectivity index (χ1) is 8.59. The normalized spacial score (nSPS) is 10.4. The van der Waals surface area contributed by atoms with Crippen LogP contribution in [0.4, 0.5) is 0 Å². The van der Waals surface area contributed by atoms with E-state index in [2.05, 4.69) is 4.98 Å². The fourth-order valence-electron chi connectivity index (χ4n) is 2.15. The standard InChI is InChI=1S/C16H17NO/c1-11-6-4-7-12(2)14(11)10-15(18)16-13(3)8-5-9-17-16/h4-9H,10H2,1-3H3. The molecule has 0 N–H and O–H groups in total. The second-order valence-electron chi connectivity index (χ2n) is 4.64. The molecule has 0 aliphatic heterocycles. The van der Waals surface area contributed by atoms with Gasteiger partial charge in [-0.1, -0.05) is 24.3 Å². The minimum absolute atomic E-state index is 0.0884. The molecule has 0 aliphatic carbocycles. The van der Waals surface area contributed by atoms with Crippen LogP contribution in [0, 0.1) is 20.8 Å². The second kappa shape index (κ2) is 5.13. The van der Waals surface area contributed by atoms with E-state index in [0.29, 0.717) is 12.1 Å². The molecule has 0 saturated carbocycles. The number of carbonyl (C=O) groups excluding carboxylic acids is 1. The maximum Gasteiger partial charge on any atom is 0.185 e. The van der Waals surface area contributed by atoms with E-state index in [-0.39, 0.29) is 5.78 Å². The highest BCUT2D eigenvalue weighted by atomic mass is 16.1. The Bertz CT molecular complexity index is 567. The maximum atomic E-state index is 12.3. The SMILES string of the molecule is Cc1cccnc1C(=O)Cc1c(C)cccc1C. The number of rotatable bonds is 3. The highest BCUT2D eigenvalue weighted by molar-refractivity contribution is 5.97. The van der Waals surface area contributed by atoms with Crippen molar-refractivity contribution in [1.29, 1.82) is 0 Å². The van der Waals surface area contributed by atoms with Gasteiger partial charge in [-0.15, -0.1) is 0 Å². The Morgan fingerprint density at radius 1 is 1.00 bits per heavy atom. The lowest BCUT2D eigenvalue weighted by atomic mass is 9.96. The van der Waals surface area contributed by atoms with Crippen LogP contribution in [-0.4, -0.2) is 10.8 Å². The molecule has 0 radical (unpaired) electrons. The van der Waals surface area contributed by atoms with Crippen molar-refractivity contribution in [3.8, 4) is 0 Å². The van der Waals surface area contributed by atoms with Gasteiger partial charge >= 0.3 is 0 Å². The average Bonchev–Trinajstić information content (AvgIpc) is 2.34. The molecule has 2 aromatic rings. The van der Waals surface area contributed by atoms with Gasteiger partial charge in [0, 0.05) is 12.6 Å². The molecule has 0 saturated heterocycles. The van der Waals surface area contributed by atoms with Crippen molar-refractivity contribution in [2.24, 2.45) is 0 Å². The number of nitrogens with zero attached hydrogens (tertiary/aromatic N) is 1. The van der Waals surface area contributed by atoms with E-state index in [4.69, 9.17) is 0 Å². The van der Waals surface area contributed by atoms with Gasteiger partial charge in [-0.2, -0.15) is 0 Å². The fourth-order valence-corrected chi connectivity index (χ4v) is 2.15. The van der Waals surface area contributed by atoms with Crippen molar-refractivity contribution in [2.45, 2.75) is 27.2 Å². The predicted octanol–water partition coefficient (Wildman–Crippen LogP) is 3.43. The predicted molar refractivity (Wildman–Crippen MR) is 72.9 cm³/mol. The van der Waals surface area contributed by atoms with Crippen LogP contribution in [0.25, 0.3) is 0 Å². The molecule has 2 nitrogen and oxygen atoms in total. The summed E-state index contributed by atoms with van der Waals surface area (Å²) in [6.07, 6.45) is 2.10. The molecule has 0 aliphatic rings. The molecule has 1 heterocycles. The van der Waals surface area contributed by atoms with Gasteiger partial charge in [0.25, 0.3) is 0 Å². The first-order valence-corrected chi connectivity index (χ1v) is 6.09. The van der Waals surface area contributed by atoms with Crippen molar-refractivity contribution in [1.82, 2.24) is 4.98 Å². The highest BCUT2D eigenvalue weighted by Gasteiger charge is 2.13. The van der Waals surface area contributed by atoms with Gasteiger partial charge in [-0.25, -0.2) is 0 Å². The van der Waals surface area contributed by atoms with E-state index in [1.165, 1.54) is 0 Å². The Hall–Kier alpha value is -1.96. The van der Waals surface area contributed by atoms with Crippen molar-refractivity contribution in [3.05, 3.63) is 64.5 Å². The average molecular weight is 239 g/mol. The van der Waals surface area contributed by atoms with Crippen LogP contribution < -0.4 is 0 Å². The summed E-state index contributed by atoms with van der Waals surface area (Å²) in [4.78, 5) is 16.5. The van der Waals surface area contributed by atoms with Crippen LogP contribution >= 0.6 is 0 Å². The minimum atomic E-state index is 0.0884. The van der Waals surface area contributed by atoms with Crippen LogP contribution in [0.1, 0.15) is 32.7 Å². The molecule has 0 amide bonds. The lowest BCUT2D eigenvalue weighted by Crippen LogP contribution is -2.10. The van der Waals surface area contributed by atoms with E-state index in [1.807, 2.05) is 51.1 Å². The summed E-state index contributed by atoms with van der Waals surface area (Å²) < 4.78 is 0. The number of Topliss-reactive ketones (excluding diaryl/α,β-unsaturated/α-hetero) is 1. The smallest absolute Gasteiger partial charge is 0.185 e. The Morgan fingerprint density at radius 2 is 1.61 bits per heavy atom. The van der Waals surface area contributed by atoms with E-state index in [9.17, 15) is 4.79 Å². The van der Waals surface area contributed by atoms with Gasteiger partial charge < -0.3 is 0 Å². The molecule has 1 aromatic carbocycles. The number of ketones is 1. The lowest BCUT2D eigenvalue weighted by molar-refractivity contribution is 0.0987. The van der Waals surface area contributed by atoms with E-state index >= 15 is 0 Å². The Kier molecular flexibility index (Phi) is 3.56. The summed E-state index contributed by atoms with van der Waals surface area (Å²) in [6, 6.07) is 9.88. The van der Waals surface area contributed by atoms with Crippen LogP contribution in [0.3, 0.4) is 0 Å². The minimum Gasteiger partial charge on any atom is -0.292 e. The summed E-state index contributed by atoms with van der Waals surface area (Å²) in [7, 11) is 0. The molecule has 0 spiro atoms. The summed E-state index contributed by atoms with van der Waals surface area (Å²) in [5.74, 6) is 0.0884. The molecule has 1 aromatic heterocycles. The zero-order valence-electron chi connectivity index (χ0n) is 11.0. The summed E-state index contributed by atoms with van der Waals surface area (Å²) >= 11 is 0.